The topological polar surface area (TPSA) is 46.3 Å². The van der Waals surface area contributed by atoms with Gasteiger partial charge in [0.2, 0.25) is 5.91 Å². The minimum atomic E-state index is -0.397. The van der Waals surface area contributed by atoms with E-state index in [9.17, 15) is 4.79 Å². The van der Waals surface area contributed by atoms with Crippen LogP contribution in [0.2, 0.25) is 0 Å². The van der Waals surface area contributed by atoms with Crippen LogP contribution in [0.5, 0.6) is 0 Å². The van der Waals surface area contributed by atoms with Crippen molar-refractivity contribution in [3.05, 3.63) is 59.7 Å². The van der Waals surface area contributed by atoms with Crippen LogP contribution in [0.4, 0.5) is 0 Å². The average Bonchev–Trinajstić information content (AvgIpc) is 2.46. The second-order valence-corrected chi connectivity index (χ2v) is 5.17. The van der Waals surface area contributed by atoms with Crippen molar-refractivity contribution in [2.45, 2.75) is 13.0 Å². The summed E-state index contributed by atoms with van der Waals surface area (Å²) in [5.74, 6) is -0.397. The average molecular weight is 268 g/mol. The number of amides is 1. The number of rotatable bonds is 4. The third-order valence-electron chi connectivity index (χ3n) is 3.65. The van der Waals surface area contributed by atoms with Gasteiger partial charge >= 0.3 is 0 Å². The number of carbonyl (C=O) groups is 1. The Morgan fingerprint density at radius 3 is 2.45 bits per heavy atom. The maximum atomic E-state index is 11.5. The van der Waals surface area contributed by atoms with Crippen LogP contribution in [0, 0.1) is 0 Å². The lowest BCUT2D eigenvalue weighted by Gasteiger charge is -2.21. The Hall–Kier alpha value is -2.13. The normalized spacial score (nSPS) is 12.4. The molecule has 0 aliphatic carbocycles. The number of carbonyl (C=O) groups excluding carboxylic acids is 1. The standard InChI is InChI=1S/C17H20N2O/c1-12(19(2)3)13-7-6-8-14(11-13)15-9-4-5-10-16(15)17(18)20/h4-12H,1-3H3,(H2,18,20)/t12-/m1/s1. The molecule has 20 heavy (non-hydrogen) atoms. The highest BCUT2D eigenvalue weighted by Crippen LogP contribution is 2.27. The van der Waals surface area contributed by atoms with Crippen molar-refractivity contribution in [3.63, 3.8) is 0 Å². The van der Waals surface area contributed by atoms with E-state index in [1.54, 1.807) is 6.07 Å². The summed E-state index contributed by atoms with van der Waals surface area (Å²) in [6.07, 6.45) is 0. The molecule has 2 rings (SSSR count). The molecule has 0 unspecified atom stereocenters. The van der Waals surface area contributed by atoms with E-state index in [0.29, 0.717) is 11.6 Å². The molecule has 104 valence electrons. The molecule has 0 saturated carbocycles. The van der Waals surface area contributed by atoms with Gasteiger partial charge in [-0.1, -0.05) is 36.4 Å². The molecule has 0 fully saturated rings. The van der Waals surface area contributed by atoms with Crippen LogP contribution >= 0.6 is 0 Å². The lowest BCUT2D eigenvalue weighted by Crippen LogP contribution is -2.16. The fourth-order valence-corrected chi connectivity index (χ4v) is 2.21. The fraction of sp³-hybridized carbons (Fsp3) is 0.235. The zero-order chi connectivity index (χ0) is 14.7. The summed E-state index contributed by atoms with van der Waals surface area (Å²) in [7, 11) is 4.10. The Kier molecular flexibility index (Phi) is 4.20. The Morgan fingerprint density at radius 1 is 1.10 bits per heavy atom. The van der Waals surface area contributed by atoms with Crippen molar-refractivity contribution >= 4 is 5.91 Å². The number of benzene rings is 2. The summed E-state index contributed by atoms with van der Waals surface area (Å²) in [6, 6.07) is 16.0. The Bertz CT molecular complexity index is 620. The maximum Gasteiger partial charge on any atom is 0.249 e. The van der Waals surface area contributed by atoms with Crippen LogP contribution in [0.1, 0.15) is 28.9 Å². The van der Waals surface area contributed by atoms with Gasteiger partial charge in [-0.15, -0.1) is 0 Å². The van der Waals surface area contributed by atoms with Gasteiger partial charge in [0.05, 0.1) is 0 Å². The molecule has 0 aromatic heterocycles. The molecule has 2 N–H and O–H groups in total. The van der Waals surface area contributed by atoms with Crippen molar-refractivity contribution in [1.29, 1.82) is 0 Å². The van der Waals surface area contributed by atoms with Crippen molar-refractivity contribution in [2.24, 2.45) is 5.73 Å². The first-order valence-electron chi connectivity index (χ1n) is 6.66. The molecule has 0 bridgehead atoms. The molecule has 1 amide bonds. The van der Waals surface area contributed by atoms with Crippen LogP contribution in [0.25, 0.3) is 11.1 Å². The summed E-state index contributed by atoms with van der Waals surface area (Å²) in [5.41, 5.74) is 9.12. The fourth-order valence-electron chi connectivity index (χ4n) is 2.21. The van der Waals surface area contributed by atoms with E-state index in [4.69, 9.17) is 5.73 Å². The second kappa shape index (κ2) is 5.88. The number of hydrogen-bond donors (Lipinski definition) is 1. The Morgan fingerprint density at radius 2 is 1.80 bits per heavy atom. The summed E-state index contributed by atoms with van der Waals surface area (Å²) in [4.78, 5) is 13.7. The van der Waals surface area contributed by atoms with E-state index in [1.807, 2.05) is 30.3 Å². The van der Waals surface area contributed by atoms with Crippen LogP contribution in [0.15, 0.2) is 48.5 Å². The third-order valence-corrected chi connectivity index (χ3v) is 3.65. The van der Waals surface area contributed by atoms with Gasteiger partial charge in [-0.05, 0) is 49.8 Å². The van der Waals surface area contributed by atoms with E-state index >= 15 is 0 Å². The molecule has 1 atom stereocenters. The van der Waals surface area contributed by atoms with Crippen LogP contribution in [-0.4, -0.2) is 24.9 Å². The van der Waals surface area contributed by atoms with Crippen molar-refractivity contribution < 1.29 is 4.79 Å². The highest BCUT2D eigenvalue weighted by Gasteiger charge is 2.12. The lowest BCUT2D eigenvalue weighted by atomic mass is 9.96. The zero-order valence-electron chi connectivity index (χ0n) is 12.1. The summed E-state index contributed by atoms with van der Waals surface area (Å²) in [5, 5.41) is 0. The summed E-state index contributed by atoms with van der Waals surface area (Å²) < 4.78 is 0. The highest BCUT2D eigenvalue weighted by atomic mass is 16.1. The molecule has 2 aromatic rings. The van der Waals surface area contributed by atoms with Crippen molar-refractivity contribution in [1.82, 2.24) is 4.90 Å². The van der Waals surface area contributed by atoms with E-state index in [0.717, 1.165) is 11.1 Å². The van der Waals surface area contributed by atoms with E-state index in [1.165, 1.54) is 5.56 Å². The Labute approximate surface area is 120 Å². The molecule has 0 aliphatic rings. The molecule has 0 aliphatic heterocycles. The number of nitrogens with zero attached hydrogens (tertiary/aromatic N) is 1. The van der Waals surface area contributed by atoms with Gasteiger partial charge in [-0.25, -0.2) is 0 Å². The monoisotopic (exact) mass is 268 g/mol. The van der Waals surface area contributed by atoms with Gasteiger partial charge < -0.3 is 10.6 Å². The van der Waals surface area contributed by atoms with Crippen LogP contribution in [-0.2, 0) is 0 Å². The van der Waals surface area contributed by atoms with Gasteiger partial charge in [0, 0.05) is 11.6 Å². The lowest BCUT2D eigenvalue weighted by molar-refractivity contribution is 0.100. The largest absolute Gasteiger partial charge is 0.366 e. The van der Waals surface area contributed by atoms with Crippen LogP contribution < -0.4 is 5.73 Å². The smallest absolute Gasteiger partial charge is 0.249 e. The van der Waals surface area contributed by atoms with Crippen molar-refractivity contribution in [3.8, 4) is 11.1 Å². The summed E-state index contributed by atoms with van der Waals surface area (Å²) >= 11 is 0. The predicted molar refractivity (Wildman–Crippen MR) is 82.5 cm³/mol. The summed E-state index contributed by atoms with van der Waals surface area (Å²) in [6.45, 7) is 2.15. The predicted octanol–water partition coefficient (Wildman–Crippen LogP) is 3.08. The quantitative estimate of drug-likeness (QED) is 0.926. The molecule has 3 nitrogen and oxygen atoms in total. The molecular weight excluding hydrogens is 248 g/mol. The second-order valence-electron chi connectivity index (χ2n) is 5.17. The first-order chi connectivity index (χ1) is 9.50. The van der Waals surface area contributed by atoms with Crippen LogP contribution in [0.3, 0.4) is 0 Å². The van der Waals surface area contributed by atoms with Gasteiger partial charge in [-0.3, -0.25) is 4.79 Å². The number of primary amides is 1. The minimum absolute atomic E-state index is 0.315. The third kappa shape index (κ3) is 2.89. The van der Waals surface area contributed by atoms with Crippen molar-refractivity contribution in [2.75, 3.05) is 14.1 Å². The Balaban J connectivity index is 2.49. The number of hydrogen-bond acceptors (Lipinski definition) is 2. The first kappa shape index (κ1) is 14.3. The molecule has 0 radical (unpaired) electrons. The van der Waals surface area contributed by atoms with Gasteiger partial charge in [-0.2, -0.15) is 0 Å². The maximum absolute atomic E-state index is 11.5. The first-order valence-corrected chi connectivity index (χ1v) is 6.66. The molecular formula is C17H20N2O. The number of nitrogens with two attached hydrogens (primary N) is 1. The highest BCUT2D eigenvalue weighted by molar-refractivity contribution is 5.99. The van der Waals surface area contributed by atoms with E-state index in [-0.39, 0.29) is 0 Å². The SMILES string of the molecule is C[C@H](c1cccc(-c2ccccc2C(N)=O)c1)N(C)C. The van der Waals surface area contributed by atoms with Gasteiger partial charge in [0.25, 0.3) is 0 Å². The molecule has 0 saturated heterocycles. The van der Waals surface area contributed by atoms with Gasteiger partial charge in [0.15, 0.2) is 0 Å². The molecule has 0 heterocycles. The minimum Gasteiger partial charge on any atom is -0.366 e. The molecule has 2 aromatic carbocycles. The van der Waals surface area contributed by atoms with E-state index < -0.39 is 5.91 Å². The molecule has 3 heteroatoms. The molecule has 0 spiro atoms. The van der Waals surface area contributed by atoms with E-state index in [2.05, 4.69) is 38.1 Å². The zero-order valence-corrected chi connectivity index (χ0v) is 12.1. The van der Waals surface area contributed by atoms with Gasteiger partial charge in [0.1, 0.15) is 0 Å².